The van der Waals surface area contributed by atoms with E-state index < -0.39 is 0 Å². The predicted molar refractivity (Wildman–Crippen MR) is 90.6 cm³/mol. The fourth-order valence-corrected chi connectivity index (χ4v) is 3.00. The Morgan fingerprint density at radius 3 is 2.83 bits per heavy atom. The van der Waals surface area contributed by atoms with Crippen LogP contribution in [0.15, 0.2) is 28.8 Å². The van der Waals surface area contributed by atoms with Crippen LogP contribution in [-0.2, 0) is 13.0 Å². The number of nitrogens with zero attached hydrogens (tertiary/aromatic N) is 2. The Labute approximate surface area is 137 Å². The first-order valence-electron chi connectivity index (χ1n) is 8.36. The number of aryl methyl sites for hydroxylation is 1. The summed E-state index contributed by atoms with van der Waals surface area (Å²) in [5.41, 5.74) is 3.16. The maximum absolute atomic E-state index is 5.55. The van der Waals surface area contributed by atoms with Gasteiger partial charge in [-0.15, -0.1) is 0 Å². The second-order valence-corrected chi connectivity index (χ2v) is 5.99. The van der Waals surface area contributed by atoms with Crippen molar-refractivity contribution >= 4 is 0 Å². The molecule has 5 nitrogen and oxygen atoms in total. The zero-order valence-corrected chi connectivity index (χ0v) is 14.0. The van der Waals surface area contributed by atoms with Crippen LogP contribution in [0, 0.1) is 0 Å². The SMILES string of the molecule is CCCc1ccc(OC)c(-c2cc(CN3CCNCC3)on2)c1. The van der Waals surface area contributed by atoms with Crippen molar-refractivity contribution < 1.29 is 9.26 Å². The average Bonchev–Trinajstić information content (AvgIpc) is 3.04. The van der Waals surface area contributed by atoms with Crippen molar-refractivity contribution in [3.8, 4) is 17.0 Å². The average molecular weight is 315 g/mol. The van der Waals surface area contributed by atoms with E-state index in [1.54, 1.807) is 7.11 Å². The minimum absolute atomic E-state index is 0.811. The molecule has 1 aliphatic heterocycles. The molecule has 1 N–H and O–H groups in total. The third-order valence-corrected chi connectivity index (χ3v) is 4.23. The molecule has 0 radical (unpaired) electrons. The number of ether oxygens (including phenoxy) is 1. The summed E-state index contributed by atoms with van der Waals surface area (Å²) in [6.07, 6.45) is 2.18. The Kier molecular flexibility index (Phi) is 5.31. The Hall–Kier alpha value is -1.85. The lowest BCUT2D eigenvalue weighted by molar-refractivity contribution is 0.207. The molecular formula is C18H25N3O2. The smallest absolute Gasteiger partial charge is 0.151 e. The molecule has 1 aromatic heterocycles. The van der Waals surface area contributed by atoms with Gasteiger partial charge in [-0.1, -0.05) is 24.6 Å². The van der Waals surface area contributed by atoms with E-state index in [0.29, 0.717) is 0 Å². The van der Waals surface area contributed by atoms with Gasteiger partial charge in [-0.2, -0.15) is 0 Å². The molecule has 2 aromatic rings. The number of hydrogen-bond donors (Lipinski definition) is 1. The van der Waals surface area contributed by atoms with Crippen molar-refractivity contribution in [1.82, 2.24) is 15.4 Å². The van der Waals surface area contributed by atoms with Crippen LogP contribution in [0.5, 0.6) is 5.75 Å². The number of rotatable bonds is 6. The van der Waals surface area contributed by atoms with Gasteiger partial charge in [0, 0.05) is 37.8 Å². The maximum atomic E-state index is 5.55. The lowest BCUT2D eigenvalue weighted by Crippen LogP contribution is -2.42. The summed E-state index contributed by atoms with van der Waals surface area (Å²) in [5.74, 6) is 1.75. The molecule has 1 fully saturated rings. The van der Waals surface area contributed by atoms with Gasteiger partial charge >= 0.3 is 0 Å². The van der Waals surface area contributed by atoms with Crippen molar-refractivity contribution in [2.75, 3.05) is 33.3 Å². The number of hydrogen-bond acceptors (Lipinski definition) is 5. The van der Waals surface area contributed by atoms with Crippen molar-refractivity contribution in [2.45, 2.75) is 26.3 Å². The summed E-state index contributed by atoms with van der Waals surface area (Å²) in [6.45, 7) is 7.16. The molecule has 124 valence electrons. The van der Waals surface area contributed by atoms with Crippen LogP contribution >= 0.6 is 0 Å². The van der Waals surface area contributed by atoms with Crippen LogP contribution < -0.4 is 10.1 Å². The second kappa shape index (κ2) is 7.62. The summed E-state index contributed by atoms with van der Waals surface area (Å²) in [5, 5.41) is 7.62. The Bertz CT molecular complexity index is 633. The van der Waals surface area contributed by atoms with E-state index in [0.717, 1.165) is 68.3 Å². The topological polar surface area (TPSA) is 50.5 Å². The molecule has 0 aliphatic carbocycles. The quantitative estimate of drug-likeness (QED) is 0.888. The lowest BCUT2D eigenvalue weighted by Gasteiger charge is -2.25. The third-order valence-electron chi connectivity index (χ3n) is 4.23. The molecule has 0 bridgehead atoms. The summed E-state index contributed by atoms with van der Waals surface area (Å²) in [6, 6.07) is 8.34. The summed E-state index contributed by atoms with van der Waals surface area (Å²) < 4.78 is 11.0. The highest BCUT2D eigenvalue weighted by Gasteiger charge is 2.16. The van der Waals surface area contributed by atoms with Crippen molar-refractivity contribution in [3.63, 3.8) is 0 Å². The molecule has 0 unspecified atom stereocenters. The minimum atomic E-state index is 0.811. The first-order valence-corrected chi connectivity index (χ1v) is 8.36. The van der Waals surface area contributed by atoms with Gasteiger partial charge in [0.1, 0.15) is 11.4 Å². The normalized spacial score (nSPS) is 15.7. The zero-order valence-electron chi connectivity index (χ0n) is 14.0. The molecule has 1 aliphatic rings. The molecule has 3 rings (SSSR count). The van der Waals surface area contributed by atoms with Crippen molar-refractivity contribution in [3.05, 3.63) is 35.6 Å². The summed E-state index contributed by atoms with van der Waals surface area (Å²) in [4.78, 5) is 2.38. The molecular weight excluding hydrogens is 290 g/mol. The lowest BCUT2D eigenvalue weighted by atomic mass is 10.0. The van der Waals surface area contributed by atoms with Gasteiger partial charge < -0.3 is 14.6 Å². The Balaban J connectivity index is 1.79. The van der Waals surface area contributed by atoms with Gasteiger partial charge in [0.15, 0.2) is 5.76 Å². The molecule has 1 aromatic carbocycles. The van der Waals surface area contributed by atoms with Gasteiger partial charge in [0.05, 0.1) is 13.7 Å². The number of benzene rings is 1. The number of methoxy groups -OCH3 is 1. The molecule has 0 spiro atoms. The van der Waals surface area contributed by atoms with Gasteiger partial charge in [0.25, 0.3) is 0 Å². The maximum Gasteiger partial charge on any atom is 0.151 e. The zero-order chi connectivity index (χ0) is 16.1. The first kappa shape index (κ1) is 16.0. The minimum Gasteiger partial charge on any atom is -0.496 e. The van der Waals surface area contributed by atoms with Gasteiger partial charge in [-0.3, -0.25) is 4.90 Å². The molecule has 0 saturated carbocycles. The molecule has 23 heavy (non-hydrogen) atoms. The fraction of sp³-hybridized carbons (Fsp3) is 0.500. The standard InChI is InChI=1S/C18H25N3O2/c1-3-4-14-5-6-18(22-2)16(11-14)17-12-15(23-20-17)13-21-9-7-19-8-10-21/h5-6,11-12,19H,3-4,7-10,13H2,1-2H3. The summed E-state index contributed by atoms with van der Waals surface area (Å²) >= 11 is 0. The number of aromatic nitrogens is 1. The van der Waals surface area contributed by atoms with Gasteiger partial charge in [-0.05, 0) is 24.1 Å². The molecule has 1 saturated heterocycles. The van der Waals surface area contributed by atoms with Crippen LogP contribution in [0.4, 0.5) is 0 Å². The molecule has 0 atom stereocenters. The van der Waals surface area contributed by atoms with Crippen LogP contribution in [-0.4, -0.2) is 43.3 Å². The monoisotopic (exact) mass is 315 g/mol. The van der Waals surface area contributed by atoms with E-state index in [-0.39, 0.29) is 0 Å². The predicted octanol–water partition coefficient (Wildman–Crippen LogP) is 2.71. The van der Waals surface area contributed by atoms with Gasteiger partial charge in [-0.25, -0.2) is 0 Å². The van der Waals surface area contributed by atoms with Crippen LogP contribution in [0.2, 0.25) is 0 Å². The van der Waals surface area contributed by atoms with Crippen LogP contribution in [0.25, 0.3) is 11.3 Å². The molecule has 5 heteroatoms. The largest absolute Gasteiger partial charge is 0.496 e. The van der Waals surface area contributed by atoms with E-state index in [2.05, 4.69) is 34.4 Å². The van der Waals surface area contributed by atoms with E-state index in [4.69, 9.17) is 9.26 Å². The van der Waals surface area contributed by atoms with Crippen LogP contribution in [0.3, 0.4) is 0 Å². The highest BCUT2D eigenvalue weighted by atomic mass is 16.5. The van der Waals surface area contributed by atoms with Crippen LogP contribution in [0.1, 0.15) is 24.7 Å². The third kappa shape index (κ3) is 3.92. The highest BCUT2D eigenvalue weighted by Crippen LogP contribution is 2.31. The highest BCUT2D eigenvalue weighted by molar-refractivity contribution is 5.68. The Morgan fingerprint density at radius 1 is 1.26 bits per heavy atom. The van der Waals surface area contributed by atoms with E-state index >= 15 is 0 Å². The van der Waals surface area contributed by atoms with E-state index in [9.17, 15) is 0 Å². The van der Waals surface area contributed by atoms with E-state index in [1.165, 1.54) is 5.56 Å². The summed E-state index contributed by atoms with van der Waals surface area (Å²) in [7, 11) is 1.69. The van der Waals surface area contributed by atoms with E-state index in [1.807, 2.05) is 12.1 Å². The fourth-order valence-electron chi connectivity index (χ4n) is 3.00. The van der Waals surface area contributed by atoms with Crippen molar-refractivity contribution in [2.24, 2.45) is 0 Å². The molecule has 0 amide bonds. The Morgan fingerprint density at radius 2 is 2.09 bits per heavy atom. The number of nitrogens with one attached hydrogen (secondary N) is 1. The van der Waals surface area contributed by atoms with Gasteiger partial charge in [0.2, 0.25) is 0 Å². The number of piperazine rings is 1. The van der Waals surface area contributed by atoms with Crippen molar-refractivity contribution in [1.29, 1.82) is 0 Å². The first-order chi connectivity index (χ1) is 11.3. The molecule has 2 heterocycles. The second-order valence-electron chi connectivity index (χ2n) is 5.99.